The van der Waals surface area contributed by atoms with Gasteiger partial charge >= 0.3 is 0 Å². The molecular formula is C62H115NO10. The lowest BCUT2D eigenvalue weighted by Crippen LogP contribution is -2.60. The lowest BCUT2D eigenvalue weighted by Gasteiger charge is -2.40. The lowest BCUT2D eigenvalue weighted by atomic mass is 9.98. The number of unbranched alkanes of at least 4 members (excludes halogenated alkanes) is 32. The Bertz CT molecular complexity index is 1320. The molecule has 0 bridgehead atoms. The minimum absolute atomic E-state index is 0.239. The average Bonchev–Trinajstić information content (AvgIpc) is 3.39. The van der Waals surface area contributed by atoms with Gasteiger partial charge in [0.2, 0.25) is 5.91 Å². The summed E-state index contributed by atoms with van der Waals surface area (Å²) in [6.07, 6.45) is 53.1. The van der Waals surface area contributed by atoms with E-state index in [-0.39, 0.29) is 12.8 Å². The van der Waals surface area contributed by atoms with E-state index in [0.29, 0.717) is 19.3 Å². The van der Waals surface area contributed by atoms with Crippen LogP contribution in [0.4, 0.5) is 0 Å². The Morgan fingerprint density at radius 2 is 0.822 bits per heavy atom. The maximum atomic E-state index is 13.2. The molecule has 11 heteroatoms. The molecule has 0 aromatic heterocycles. The van der Waals surface area contributed by atoms with Crippen molar-refractivity contribution in [1.82, 2.24) is 5.32 Å². The van der Waals surface area contributed by atoms with Crippen molar-refractivity contribution in [1.29, 1.82) is 0 Å². The molecule has 0 saturated carbocycles. The highest BCUT2D eigenvalue weighted by Gasteiger charge is 2.44. The SMILES string of the molecule is CCCCCCCCCCCC/C=C\CCCCCCCCC(O)C(=O)NC(COC1OC(CO)C(O)C(O)C1O)C(O)C(O)CCC/C=C/CC/C=C/CC/C=C/CCCCCCCCCCCCCCC. The van der Waals surface area contributed by atoms with Crippen LogP contribution in [0.1, 0.15) is 271 Å². The van der Waals surface area contributed by atoms with Gasteiger partial charge in [-0.1, -0.05) is 229 Å². The van der Waals surface area contributed by atoms with Crippen LogP contribution in [0.2, 0.25) is 0 Å². The van der Waals surface area contributed by atoms with Crippen molar-refractivity contribution < 1.29 is 50.0 Å². The molecule has 0 aliphatic carbocycles. The van der Waals surface area contributed by atoms with Crippen LogP contribution >= 0.6 is 0 Å². The van der Waals surface area contributed by atoms with E-state index in [2.05, 4.69) is 67.8 Å². The van der Waals surface area contributed by atoms with Crippen LogP contribution < -0.4 is 5.32 Å². The second kappa shape index (κ2) is 50.9. The van der Waals surface area contributed by atoms with E-state index < -0.39 is 74.2 Å². The minimum atomic E-state index is -1.68. The first-order valence-electron chi connectivity index (χ1n) is 30.5. The van der Waals surface area contributed by atoms with Crippen LogP contribution in [0, 0.1) is 0 Å². The van der Waals surface area contributed by atoms with Crippen molar-refractivity contribution in [3.8, 4) is 0 Å². The first-order chi connectivity index (χ1) is 35.7. The molecule has 8 N–H and O–H groups in total. The Morgan fingerprint density at radius 3 is 1.22 bits per heavy atom. The van der Waals surface area contributed by atoms with Gasteiger partial charge in [-0.3, -0.25) is 4.79 Å². The zero-order valence-electron chi connectivity index (χ0n) is 46.9. The monoisotopic (exact) mass is 1030 g/mol. The Hall–Kier alpha value is -1.93. The van der Waals surface area contributed by atoms with Crippen LogP contribution in [0.5, 0.6) is 0 Å². The molecule has 1 fully saturated rings. The number of hydrogen-bond donors (Lipinski definition) is 8. The molecule has 1 amide bonds. The van der Waals surface area contributed by atoms with E-state index in [0.717, 1.165) is 64.2 Å². The van der Waals surface area contributed by atoms with E-state index in [9.17, 15) is 40.5 Å². The van der Waals surface area contributed by atoms with Crippen LogP contribution in [-0.4, -0.2) is 110 Å². The number of carbonyl (C=O) groups excluding carboxylic acids is 1. The fourth-order valence-corrected chi connectivity index (χ4v) is 9.59. The number of aliphatic hydroxyl groups excluding tert-OH is 7. The Kier molecular flexibility index (Phi) is 48.1. The van der Waals surface area contributed by atoms with Crippen LogP contribution in [0.15, 0.2) is 48.6 Å². The van der Waals surface area contributed by atoms with Gasteiger partial charge in [0.15, 0.2) is 6.29 Å². The fourth-order valence-electron chi connectivity index (χ4n) is 9.59. The third-order valence-corrected chi connectivity index (χ3v) is 14.6. The van der Waals surface area contributed by atoms with Gasteiger partial charge in [0.25, 0.3) is 0 Å². The smallest absolute Gasteiger partial charge is 0.249 e. The molecule has 0 spiro atoms. The van der Waals surface area contributed by atoms with Crippen LogP contribution in [0.3, 0.4) is 0 Å². The molecular weight excluding hydrogens is 919 g/mol. The Labute approximate surface area is 447 Å². The molecule has 11 nitrogen and oxygen atoms in total. The normalized spacial score (nSPS) is 20.3. The maximum absolute atomic E-state index is 13.2. The topological polar surface area (TPSA) is 189 Å². The van der Waals surface area contributed by atoms with E-state index in [4.69, 9.17) is 9.47 Å². The molecule has 1 saturated heterocycles. The highest BCUT2D eigenvalue weighted by Crippen LogP contribution is 2.23. The van der Waals surface area contributed by atoms with Crippen molar-refractivity contribution in [2.45, 2.75) is 326 Å². The summed E-state index contributed by atoms with van der Waals surface area (Å²) in [4.78, 5) is 13.2. The van der Waals surface area contributed by atoms with Gasteiger partial charge in [0.1, 0.15) is 36.6 Å². The van der Waals surface area contributed by atoms with Gasteiger partial charge in [-0.25, -0.2) is 0 Å². The molecule has 9 atom stereocenters. The number of aliphatic hydroxyl groups is 7. The number of allylic oxidation sites excluding steroid dienone is 8. The summed E-state index contributed by atoms with van der Waals surface area (Å²) in [6, 6.07) is -1.20. The van der Waals surface area contributed by atoms with Crippen molar-refractivity contribution in [2.75, 3.05) is 13.2 Å². The number of rotatable bonds is 52. The van der Waals surface area contributed by atoms with E-state index in [1.807, 2.05) is 0 Å². The summed E-state index contributed by atoms with van der Waals surface area (Å²) < 4.78 is 11.1. The summed E-state index contributed by atoms with van der Waals surface area (Å²) in [7, 11) is 0. The second-order valence-corrected chi connectivity index (χ2v) is 21.4. The van der Waals surface area contributed by atoms with Gasteiger partial charge in [-0.15, -0.1) is 0 Å². The zero-order chi connectivity index (χ0) is 53.3. The van der Waals surface area contributed by atoms with E-state index >= 15 is 0 Å². The first-order valence-corrected chi connectivity index (χ1v) is 30.5. The van der Waals surface area contributed by atoms with Gasteiger partial charge in [-0.2, -0.15) is 0 Å². The second-order valence-electron chi connectivity index (χ2n) is 21.4. The summed E-state index contributed by atoms with van der Waals surface area (Å²) in [5, 5.41) is 76.2. The largest absolute Gasteiger partial charge is 0.394 e. The molecule has 428 valence electrons. The number of hydrogen-bond acceptors (Lipinski definition) is 10. The van der Waals surface area contributed by atoms with Crippen molar-refractivity contribution in [3.05, 3.63) is 48.6 Å². The van der Waals surface area contributed by atoms with E-state index in [1.165, 1.54) is 161 Å². The molecule has 73 heavy (non-hydrogen) atoms. The Balaban J connectivity index is 2.34. The summed E-state index contributed by atoms with van der Waals surface area (Å²) in [5.74, 6) is -0.716. The molecule has 1 rings (SSSR count). The van der Waals surface area contributed by atoms with E-state index in [1.54, 1.807) is 0 Å². The van der Waals surface area contributed by atoms with Gasteiger partial charge in [0.05, 0.1) is 25.4 Å². The number of ether oxygens (including phenoxy) is 2. The van der Waals surface area contributed by atoms with Crippen molar-refractivity contribution in [3.63, 3.8) is 0 Å². The van der Waals surface area contributed by atoms with Gasteiger partial charge in [-0.05, 0) is 89.9 Å². The predicted octanol–water partition coefficient (Wildman–Crippen LogP) is 13.2. The standard InChI is InChI=1S/C62H115NO10/c1-3-5-7-9-11-13-15-17-19-21-23-25-26-27-28-29-30-32-33-35-37-39-41-43-45-47-49-54(65)57(67)53(52-72-62-60(70)59(69)58(68)56(51-64)73-62)63-61(71)55(66)50-48-46-44-42-40-38-36-34-31-24-22-20-18-16-14-12-10-8-6-4-2/h28-29,31,33-35,41,43,53-60,62,64-70H,3-27,30,32,36-40,42,44-52H2,1-2H3,(H,63,71)/b29-28+,34-31-,35-33+,43-41+. The van der Waals surface area contributed by atoms with Gasteiger partial charge in [0, 0.05) is 0 Å². The highest BCUT2D eigenvalue weighted by molar-refractivity contribution is 5.80. The number of amides is 1. The molecule has 0 aromatic rings. The molecule has 0 aromatic carbocycles. The molecule has 0 radical (unpaired) electrons. The summed E-state index contributed by atoms with van der Waals surface area (Å²) in [5.41, 5.74) is 0. The minimum Gasteiger partial charge on any atom is -0.394 e. The summed E-state index contributed by atoms with van der Waals surface area (Å²) >= 11 is 0. The van der Waals surface area contributed by atoms with Crippen molar-refractivity contribution >= 4 is 5.91 Å². The fraction of sp³-hybridized carbons (Fsp3) is 0.855. The third kappa shape index (κ3) is 39.1. The maximum Gasteiger partial charge on any atom is 0.249 e. The highest BCUT2D eigenvalue weighted by atomic mass is 16.7. The predicted molar refractivity (Wildman–Crippen MR) is 302 cm³/mol. The quantitative estimate of drug-likeness (QED) is 0.0215. The molecule has 1 heterocycles. The average molecular weight is 1030 g/mol. The molecule has 1 aliphatic heterocycles. The first kappa shape index (κ1) is 69.1. The van der Waals surface area contributed by atoms with Crippen LogP contribution in [0.25, 0.3) is 0 Å². The molecule has 9 unspecified atom stereocenters. The van der Waals surface area contributed by atoms with Gasteiger partial charge < -0.3 is 50.5 Å². The van der Waals surface area contributed by atoms with Crippen LogP contribution in [-0.2, 0) is 14.3 Å². The Morgan fingerprint density at radius 1 is 0.466 bits per heavy atom. The lowest BCUT2D eigenvalue weighted by molar-refractivity contribution is -0.303. The van der Waals surface area contributed by atoms with Crippen molar-refractivity contribution in [2.24, 2.45) is 0 Å². The zero-order valence-corrected chi connectivity index (χ0v) is 46.9. The summed E-state index contributed by atoms with van der Waals surface area (Å²) in [6.45, 7) is 3.46. The number of nitrogens with one attached hydrogen (secondary N) is 1. The number of carbonyl (C=O) groups is 1. The third-order valence-electron chi connectivity index (χ3n) is 14.6. The molecule has 1 aliphatic rings.